The summed E-state index contributed by atoms with van der Waals surface area (Å²) in [4.78, 5) is 12.6. The van der Waals surface area contributed by atoms with Gasteiger partial charge in [-0.05, 0) is 31.2 Å². The number of hydrogen-bond acceptors (Lipinski definition) is 2. The van der Waals surface area contributed by atoms with Crippen LogP contribution in [-0.4, -0.2) is 5.78 Å². The average molecular weight is 286 g/mol. The third-order valence-electron chi connectivity index (χ3n) is 3.92. The maximum absolute atomic E-state index is 12.6. The van der Waals surface area contributed by atoms with Crippen LogP contribution in [-0.2, 0) is 0 Å². The smallest absolute Gasteiger partial charge is 0.193 e. The van der Waals surface area contributed by atoms with E-state index in [2.05, 4.69) is 0 Å². The van der Waals surface area contributed by atoms with Crippen LogP contribution in [0.4, 0.5) is 0 Å². The summed E-state index contributed by atoms with van der Waals surface area (Å²) < 4.78 is 5.85. The van der Waals surface area contributed by atoms with Gasteiger partial charge in [-0.15, -0.1) is 0 Å². The van der Waals surface area contributed by atoms with E-state index in [4.69, 9.17) is 4.42 Å². The molecular weight excluding hydrogens is 272 g/mol. The van der Waals surface area contributed by atoms with Crippen LogP contribution in [0, 0.1) is 6.92 Å². The van der Waals surface area contributed by atoms with Gasteiger partial charge < -0.3 is 4.42 Å². The van der Waals surface area contributed by atoms with E-state index in [1.165, 1.54) is 0 Å². The fourth-order valence-electron chi connectivity index (χ4n) is 2.82. The first-order valence-electron chi connectivity index (χ1n) is 7.25. The fourth-order valence-corrected chi connectivity index (χ4v) is 2.82. The molecule has 0 aliphatic carbocycles. The Morgan fingerprint density at radius 2 is 1.55 bits per heavy atom. The second-order valence-corrected chi connectivity index (χ2v) is 5.51. The molecule has 106 valence electrons. The zero-order valence-corrected chi connectivity index (χ0v) is 12.2. The van der Waals surface area contributed by atoms with Crippen molar-refractivity contribution in [3.05, 3.63) is 83.4 Å². The third-order valence-corrected chi connectivity index (χ3v) is 3.92. The summed E-state index contributed by atoms with van der Waals surface area (Å²) in [5.41, 5.74) is 4.03. The molecule has 0 bridgehead atoms. The molecule has 0 saturated heterocycles. The molecule has 0 spiro atoms. The number of carbonyl (C=O) groups is 1. The molecule has 2 nitrogen and oxygen atoms in total. The monoisotopic (exact) mass is 286 g/mol. The van der Waals surface area contributed by atoms with Gasteiger partial charge in [0.15, 0.2) is 5.78 Å². The standard InChI is InChI=1S/C20H14O2/c1-13-5-4-6-14(11-13)20(21)15-9-10-17-16-7-2-3-8-18(16)22-19(17)12-15/h2-12H,1H3. The zero-order chi connectivity index (χ0) is 15.1. The van der Waals surface area contributed by atoms with Crippen molar-refractivity contribution < 1.29 is 9.21 Å². The van der Waals surface area contributed by atoms with Gasteiger partial charge in [0, 0.05) is 21.9 Å². The molecule has 0 amide bonds. The van der Waals surface area contributed by atoms with Crippen LogP contribution in [0.3, 0.4) is 0 Å². The first-order chi connectivity index (χ1) is 10.7. The van der Waals surface area contributed by atoms with E-state index < -0.39 is 0 Å². The Kier molecular flexibility index (Phi) is 2.83. The van der Waals surface area contributed by atoms with E-state index in [0.717, 1.165) is 27.5 Å². The predicted molar refractivity (Wildman–Crippen MR) is 88.3 cm³/mol. The zero-order valence-electron chi connectivity index (χ0n) is 12.2. The van der Waals surface area contributed by atoms with Crippen LogP contribution in [0.25, 0.3) is 21.9 Å². The van der Waals surface area contributed by atoms with Crippen molar-refractivity contribution in [1.82, 2.24) is 0 Å². The first kappa shape index (κ1) is 12.8. The summed E-state index contributed by atoms with van der Waals surface area (Å²) in [5, 5.41) is 2.11. The lowest BCUT2D eigenvalue weighted by Crippen LogP contribution is -2.01. The van der Waals surface area contributed by atoms with Crippen molar-refractivity contribution in [2.75, 3.05) is 0 Å². The first-order valence-corrected chi connectivity index (χ1v) is 7.25. The number of para-hydroxylation sites is 1. The van der Waals surface area contributed by atoms with Crippen LogP contribution < -0.4 is 0 Å². The molecule has 2 heteroatoms. The van der Waals surface area contributed by atoms with Gasteiger partial charge in [-0.3, -0.25) is 4.79 Å². The number of rotatable bonds is 2. The van der Waals surface area contributed by atoms with Gasteiger partial charge >= 0.3 is 0 Å². The highest BCUT2D eigenvalue weighted by molar-refractivity contribution is 6.12. The van der Waals surface area contributed by atoms with Crippen LogP contribution in [0.2, 0.25) is 0 Å². The average Bonchev–Trinajstić information content (AvgIpc) is 2.91. The molecule has 0 aliphatic rings. The molecule has 1 heterocycles. The molecule has 0 unspecified atom stereocenters. The molecule has 22 heavy (non-hydrogen) atoms. The summed E-state index contributed by atoms with van der Waals surface area (Å²) in [5.74, 6) is 0.0195. The number of furan rings is 1. The second-order valence-electron chi connectivity index (χ2n) is 5.51. The number of benzene rings is 3. The lowest BCUT2D eigenvalue weighted by Gasteiger charge is -2.02. The summed E-state index contributed by atoms with van der Waals surface area (Å²) in [7, 11) is 0. The van der Waals surface area contributed by atoms with Gasteiger partial charge in [-0.2, -0.15) is 0 Å². The minimum Gasteiger partial charge on any atom is -0.456 e. The van der Waals surface area contributed by atoms with Crippen LogP contribution in [0.5, 0.6) is 0 Å². The van der Waals surface area contributed by atoms with E-state index in [1.54, 1.807) is 0 Å². The summed E-state index contributed by atoms with van der Waals surface area (Å²) in [6.07, 6.45) is 0. The van der Waals surface area contributed by atoms with Crippen LogP contribution in [0.15, 0.2) is 71.1 Å². The number of fused-ring (bicyclic) bond motifs is 3. The highest BCUT2D eigenvalue weighted by atomic mass is 16.3. The Balaban J connectivity index is 1.85. The maximum Gasteiger partial charge on any atom is 0.193 e. The van der Waals surface area contributed by atoms with Crippen LogP contribution in [0.1, 0.15) is 21.5 Å². The topological polar surface area (TPSA) is 30.2 Å². The van der Waals surface area contributed by atoms with Crippen LogP contribution >= 0.6 is 0 Å². The van der Waals surface area contributed by atoms with E-state index in [0.29, 0.717) is 11.1 Å². The van der Waals surface area contributed by atoms with Gasteiger partial charge in [0.2, 0.25) is 0 Å². The second kappa shape index (κ2) is 4.85. The molecule has 3 aromatic carbocycles. The van der Waals surface area contributed by atoms with E-state index >= 15 is 0 Å². The minimum absolute atomic E-state index is 0.0195. The molecular formula is C20H14O2. The predicted octanol–water partition coefficient (Wildman–Crippen LogP) is 5.13. The molecule has 0 N–H and O–H groups in total. The van der Waals surface area contributed by atoms with Crippen molar-refractivity contribution in [3.8, 4) is 0 Å². The van der Waals surface area contributed by atoms with Crippen molar-refractivity contribution in [2.24, 2.45) is 0 Å². The van der Waals surface area contributed by atoms with Gasteiger partial charge in [-0.1, -0.05) is 48.0 Å². The Morgan fingerprint density at radius 1 is 0.773 bits per heavy atom. The van der Waals surface area contributed by atoms with Crippen molar-refractivity contribution in [2.45, 2.75) is 6.92 Å². The molecule has 0 saturated carbocycles. The lowest BCUT2D eigenvalue weighted by atomic mass is 10.0. The van der Waals surface area contributed by atoms with E-state index in [1.807, 2.05) is 73.7 Å². The Hall–Kier alpha value is -2.87. The number of aryl methyl sites for hydroxylation is 1. The third kappa shape index (κ3) is 2.01. The quantitative estimate of drug-likeness (QED) is 0.478. The molecule has 4 rings (SSSR count). The van der Waals surface area contributed by atoms with Crippen molar-refractivity contribution in [3.63, 3.8) is 0 Å². The Morgan fingerprint density at radius 3 is 2.41 bits per heavy atom. The lowest BCUT2D eigenvalue weighted by molar-refractivity contribution is 0.103. The van der Waals surface area contributed by atoms with E-state index in [-0.39, 0.29) is 5.78 Å². The molecule has 0 atom stereocenters. The summed E-state index contributed by atoms with van der Waals surface area (Å²) in [6.45, 7) is 1.99. The van der Waals surface area contributed by atoms with Gasteiger partial charge in [0.05, 0.1) is 0 Å². The van der Waals surface area contributed by atoms with Gasteiger partial charge in [0.1, 0.15) is 11.2 Å². The van der Waals surface area contributed by atoms with Crippen molar-refractivity contribution in [1.29, 1.82) is 0 Å². The number of hydrogen-bond donors (Lipinski definition) is 0. The minimum atomic E-state index is 0.0195. The molecule has 1 aromatic heterocycles. The maximum atomic E-state index is 12.6. The SMILES string of the molecule is Cc1cccc(C(=O)c2ccc3c(c2)oc2ccccc23)c1. The highest BCUT2D eigenvalue weighted by Crippen LogP contribution is 2.29. The normalized spacial score (nSPS) is 11.1. The molecule has 0 aliphatic heterocycles. The molecule has 4 aromatic rings. The Bertz CT molecular complexity index is 1010. The fraction of sp³-hybridized carbons (Fsp3) is 0.0500. The van der Waals surface area contributed by atoms with Gasteiger partial charge in [0.25, 0.3) is 0 Å². The number of carbonyl (C=O) groups excluding carboxylic acids is 1. The molecule has 0 radical (unpaired) electrons. The highest BCUT2D eigenvalue weighted by Gasteiger charge is 2.12. The van der Waals surface area contributed by atoms with E-state index in [9.17, 15) is 4.79 Å². The largest absolute Gasteiger partial charge is 0.456 e. The van der Waals surface area contributed by atoms with Gasteiger partial charge in [-0.25, -0.2) is 0 Å². The number of ketones is 1. The summed E-state index contributed by atoms with van der Waals surface area (Å²) in [6, 6.07) is 21.2. The Labute approximate surface area is 128 Å². The summed E-state index contributed by atoms with van der Waals surface area (Å²) >= 11 is 0. The molecule has 0 fully saturated rings. The van der Waals surface area contributed by atoms with Crippen molar-refractivity contribution >= 4 is 27.7 Å².